The van der Waals surface area contributed by atoms with Gasteiger partial charge in [-0.05, 0) is 37.1 Å². The zero-order valence-electron chi connectivity index (χ0n) is 12.4. The molecule has 0 saturated heterocycles. The van der Waals surface area contributed by atoms with Crippen LogP contribution in [-0.2, 0) is 11.3 Å². The molecule has 20 heavy (non-hydrogen) atoms. The van der Waals surface area contributed by atoms with Gasteiger partial charge in [-0.1, -0.05) is 19.1 Å². The molecule has 1 aromatic rings. The number of nitrogens with zero attached hydrogens (tertiary/aromatic N) is 1. The van der Waals surface area contributed by atoms with Crippen molar-refractivity contribution in [3.8, 4) is 0 Å². The van der Waals surface area contributed by atoms with Crippen LogP contribution in [0.2, 0.25) is 0 Å². The summed E-state index contributed by atoms with van der Waals surface area (Å²) in [6.07, 6.45) is 1.02. The van der Waals surface area contributed by atoms with E-state index in [2.05, 4.69) is 18.7 Å². The van der Waals surface area contributed by atoms with Gasteiger partial charge in [-0.15, -0.1) is 0 Å². The number of halogens is 1. The second-order valence-corrected chi connectivity index (χ2v) is 5.33. The van der Waals surface area contributed by atoms with E-state index in [0.29, 0.717) is 24.2 Å². The van der Waals surface area contributed by atoms with Gasteiger partial charge in [0.15, 0.2) is 0 Å². The third-order valence-corrected chi connectivity index (χ3v) is 3.72. The molecule has 1 aromatic carbocycles. The van der Waals surface area contributed by atoms with Crippen molar-refractivity contribution in [3.63, 3.8) is 0 Å². The molecule has 0 spiro atoms. The van der Waals surface area contributed by atoms with E-state index in [1.807, 2.05) is 0 Å². The van der Waals surface area contributed by atoms with Crippen LogP contribution in [-0.4, -0.2) is 36.2 Å². The Morgan fingerprint density at radius 2 is 2.20 bits per heavy atom. The fourth-order valence-electron chi connectivity index (χ4n) is 2.07. The van der Waals surface area contributed by atoms with Crippen molar-refractivity contribution in [2.75, 3.05) is 20.3 Å². The first-order valence-corrected chi connectivity index (χ1v) is 7.21. The predicted molar refractivity (Wildman–Crippen MR) is 84.3 cm³/mol. The van der Waals surface area contributed by atoms with Gasteiger partial charge < -0.3 is 10.5 Å². The summed E-state index contributed by atoms with van der Waals surface area (Å²) in [7, 11) is 1.68. The highest BCUT2D eigenvalue weighted by molar-refractivity contribution is 7.80. The maximum atomic E-state index is 13.5. The van der Waals surface area contributed by atoms with Gasteiger partial charge in [0.25, 0.3) is 0 Å². The summed E-state index contributed by atoms with van der Waals surface area (Å²) in [5, 5.41) is 0. The van der Waals surface area contributed by atoms with Crippen molar-refractivity contribution in [2.45, 2.75) is 32.9 Å². The molecule has 112 valence electrons. The maximum Gasteiger partial charge on any atom is 0.123 e. The second-order valence-electron chi connectivity index (χ2n) is 4.89. The Labute approximate surface area is 125 Å². The van der Waals surface area contributed by atoms with E-state index >= 15 is 0 Å². The van der Waals surface area contributed by atoms with Gasteiger partial charge in [0.2, 0.25) is 0 Å². The number of hydrogen-bond acceptors (Lipinski definition) is 3. The molecule has 0 heterocycles. The van der Waals surface area contributed by atoms with Crippen molar-refractivity contribution in [2.24, 2.45) is 5.73 Å². The molecule has 2 N–H and O–H groups in total. The molecule has 1 unspecified atom stereocenters. The van der Waals surface area contributed by atoms with Crippen LogP contribution < -0.4 is 5.73 Å². The molecule has 5 heteroatoms. The smallest absolute Gasteiger partial charge is 0.123 e. The van der Waals surface area contributed by atoms with E-state index in [9.17, 15) is 4.39 Å². The Hall–Kier alpha value is -1.04. The predicted octanol–water partition coefficient (Wildman–Crippen LogP) is 2.71. The van der Waals surface area contributed by atoms with Crippen molar-refractivity contribution >= 4 is 17.2 Å². The van der Waals surface area contributed by atoms with Gasteiger partial charge in [0, 0.05) is 31.8 Å². The molecule has 0 saturated carbocycles. The highest BCUT2D eigenvalue weighted by atomic mass is 32.1. The molecular formula is C15H23FN2OS. The van der Waals surface area contributed by atoms with E-state index in [-0.39, 0.29) is 5.82 Å². The Morgan fingerprint density at radius 3 is 2.75 bits per heavy atom. The van der Waals surface area contributed by atoms with E-state index in [4.69, 9.17) is 22.7 Å². The lowest BCUT2D eigenvalue weighted by molar-refractivity contribution is 0.118. The molecule has 0 amide bonds. The van der Waals surface area contributed by atoms with Gasteiger partial charge >= 0.3 is 0 Å². The van der Waals surface area contributed by atoms with Gasteiger partial charge in [0.05, 0.1) is 6.61 Å². The standard InChI is InChI=1S/C15H23FN2OS/c1-4-11(2)18(7-8-19-3)10-12-9-13(16)5-6-14(12)15(17)20/h5-6,9,11H,4,7-8,10H2,1-3H3,(H2,17,20). The topological polar surface area (TPSA) is 38.5 Å². The highest BCUT2D eigenvalue weighted by Gasteiger charge is 2.15. The summed E-state index contributed by atoms with van der Waals surface area (Å²) in [6, 6.07) is 4.93. The zero-order chi connectivity index (χ0) is 15.1. The molecule has 3 nitrogen and oxygen atoms in total. The SMILES string of the molecule is CCC(C)N(CCOC)Cc1cc(F)ccc1C(N)=S. The quantitative estimate of drug-likeness (QED) is 0.749. The fourth-order valence-corrected chi connectivity index (χ4v) is 2.27. The summed E-state index contributed by atoms with van der Waals surface area (Å²) in [5.74, 6) is -0.268. The normalized spacial score (nSPS) is 12.7. The van der Waals surface area contributed by atoms with E-state index < -0.39 is 0 Å². The molecule has 0 bridgehead atoms. The third kappa shape index (κ3) is 4.81. The summed E-state index contributed by atoms with van der Waals surface area (Å²) >= 11 is 5.04. The summed E-state index contributed by atoms with van der Waals surface area (Å²) in [5.41, 5.74) is 7.29. The Bertz CT molecular complexity index is 453. The van der Waals surface area contributed by atoms with E-state index in [1.54, 1.807) is 13.2 Å². The first kappa shape index (κ1) is 17.0. The lowest BCUT2D eigenvalue weighted by Crippen LogP contribution is -2.35. The number of methoxy groups -OCH3 is 1. The molecule has 0 radical (unpaired) electrons. The van der Waals surface area contributed by atoms with Gasteiger partial charge in [-0.2, -0.15) is 0 Å². The lowest BCUT2D eigenvalue weighted by atomic mass is 10.1. The summed E-state index contributed by atoms with van der Waals surface area (Å²) in [4.78, 5) is 2.55. The molecule has 1 atom stereocenters. The van der Waals surface area contributed by atoms with Crippen molar-refractivity contribution < 1.29 is 9.13 Å². The molecule has 0 aliphatic rings. The van der Waals surface area contributed by atoms with Crippen LogP contribution >= 0.6 is 12.2 Å². The number of nitrogens with two attached hydrogens (primary N) is 1. The first-order valence-electron chi connectivity index (χ1n) is 6.80. The van der Waals surface area contributed by atoms with Crippen LogP contribution in [0.3, 0.4) is 0 Å². The molecule has 0 aliphatic heterocycles. The zero-order valence-corrected chi connectivity index (χ0v) is 13.2. The van der Waals surface area contributed by atoms with Crippen molar-refractivity contribution in [3.05, 3.63) is 35.1 Å². The minimum atomic E-state index is -0.268. The first-order chi connectivity index (χ1) is 9.49. The van der Waals surface area contributed by atoms with E-state index in [0.717, 1.165) is 24.1 Å². The molecule has 0 aromatic heterocycles. The van der Waals surface area contributed by atoms with Crippen LogP contribution in [0.5, 0.6) is 0 Å². The largest absolute Gasteiger partial charge is 0.389 e. The molecule has 0 aliphatic carbocycles. The van der Waals surface area contributed by atoms with Gasteiger partial charge in [-0.3, -0.25) is 4.90 Å². The third-order valence-electron chi connectivity index (χ3n) is 3.50. The van der Waals surface area contributed by atoms with Gasteiger partial charge in [0.1, 0.15) is 10.8 Å². The van der Waals surface area contributed by atoms with Crippen LogP contribution in [0.25, 0.3) is 0 Å². The van der Waals surface area contributed by atoms with Crippen LogP contribution in [0.4, 0.5) is 4.39 Å². The highest BCUT2D eigenvalue weighted by Crippen LogP contribution is 2.16. The average Bonchev–Trinajstić information content (AvgIpc) is 2.42. The maximum absolute atomic E-state index is 13.5. The van der Waals surface area contributed by atoms with Crippen LogP contribution in [0.15, 0.2) is 18.2 Å². The Kier molecular flexibility index (Phi) is 7.05. The van der Waals surface area contributed by atoms with Gasteiger partial charge in [-0.25, -0.2) is 4.39 Å². The second kappa shape index (κ2) is 8.29. The fraction of sp³-hybridized carbons (Fsp3) is 0.533. The Balaban J connectivity index is 2.96. The average molecular weight is 298 g/mol. The number of benzene rings is 1. The minimum Gasteiger partial charge on any atom is -0.389 e. The van der Waals surface area contributed by atoms with Crippen molar-refractivity contribution in [1.29, 1.82) is 0 Å². The van der Waals surface area contributed by atoms with Crippen molar-refractivity contribution in [1.82, 2.24) is 4.90 Å². The molecular weight excluding hydrogens is 275 g/mol. The van der Waals surface area contributed by atoms with E-state index in [1.165, 1.54) is 12.1 Å². The summed E-state index contributed by atoms with van der Waals surface area (Å²) in [6.45, 7) is 6.32. The molecule has 0 fully saturated rings. The lowest BCUT2D eigenvalue weighted by Gasteiger charge is -2.29. The molecule has 1 rings (SSSR count). The number of thiocarbonyl (C=S) groups is 1. The number of ether oxygens (including phenoxy) is 1. The number of rotatable bonds is 8. The minimum absolute atomic E-state index is 0.268. The van der Waals surface area contributed by atoms with Crippen LogP contribution in [0.1, 0.15) is 31.4 Å². The van der Waals surface area contributed by atoms with Crippen LogP contribution in [0, 0.1) is 5.82 Å². The monoisotopic (exact) mass is 298 g/mol. The number of hydrogen-bond donors (Lipinski definition) is 1. The Morgan fingerprint density at radius 1 is 1.50 bits per heavy atom. The summed E-state index contributed by atoms with van der Waals surface area (Å²) < 4.78 is 18.6.